The lowest BCUT2D eigenvalue weighted by Gasteiger charge is -2.35. The third kappa shape index (κ3) is 2.94. The van der Waals surface area contributed by atoms with Crippen LogP contribution in [0, 0.1) is 5.92 Å². The summed E-state index contributed by atoms with van der Waals surface area (Å²) in [6, 6.07) is 8.15. The number of hydrogen-bond acceptors (Lipinski definition) is 5. The lowest BCUT2D eigenvalue weighted by Crippen LogP contribution is -2.32. The Labute approximate surface area is 178 Å². The van der Waals surface area contributed by atoms with Gasteiger partial charge in [-0.05, 0) is 80.3 Å². The smallest absolute Gasteiger partial charge is 0.376 e. The van der Waals surface area contributed by atoms with Crippen molar-refractivity contribution >= 4 is 27.7 Å². The van der Waals surface area contributed by atoms with Crippen LogP contribution >= 0.6 is 11.6 Å². The third-order valence-electron chi connectivity index (χ3n) is 6.72. The van der Waals surface area contributed by atoms with E-state index in [1.807, 2.05) is 16.7 Å². The van der Waals surface area contributed by atoms with E-state index in [-0.39, 0.29) is 11.5 Å². The average molecular weight is 430 g/mol. The maximum Gasteiger partial charge on any atom is 0.438 e. The highest BCUT2D eigenvalue weighted by atomic mass is 35.5. The fourth-order valence-electron chi connectivity index (χ4n) is 5.15. The van der Waals surface area contributed by atoms with Gasteiger partial charge in [0.25, 0.3) is 5.24 Å². The van der Waals surface area contributed by atoms with Crippen LogP contribution in [0.3, 0.4) is 0 Å². The number of halogens is 1. The van der Waals surface area contributed by atoms with Gasteiger partial charge in [0, 0.05) is 17.5 Å². The average Bonchev–Trinajstić information content (AvgIpc) is 3.03. The lowest BCUT2D eigenvalue weighted by atomic mass is 9.83. The molecule has 0 unspecified atom stereocenters. The number of aromatic nitrogens is 3. The van der Waals surface area contributed by atoms with E-state index in [1.165, 1.54) is 5.56 Å². The van der Waals surface area contributed by atoms with Crippen LogP contribution in [0.1, 0.15) is 67.8 Å². The molecule has 3 aromatic rings. The summed E-state index contributed by atoms with van der Waals surface area (Å²) in [6.45, 7) is 7.03. The summed E-state index contributed by atoms with van der Waals surface area (Å²) >= 11 is 5.99. The molecule has 2 aliphatic rings. The summed E-state index contributed by atoms with van der Waals surface area (Å²) in [5.74, 6) is 0.381. The van der Waals surface area contributed by atoms with Crippen LogP contribution in [0.5, 0.6) is 0 Å². The SMILES string of the molecule is C[C@H]1C[C@]1(c1noc(=O)[nH]1)n1c(C(=O)Cl)cc2cc([C@H]3CCOC(C)(C)C3)ccc21. The molecule has 1 aliphatic heterocycles. The van der Waals surface area contributed by atoms with Gasteiger partial charge in [-0.15, -0.1) is 0 Å². The molecule has 3 atom stereocenters. The zero-order valence-electron chi connectivity index (χ0n) is 17.2. The van der Waals surface area contributed by atoms with E-state index in [9.17, 15) is 9.59 Å². The summed E-state index contributed by atoms with van der Waals surface area (Å²) in [7, 11) is 0. The van der Waals surface area contributed by atoms with Crippen LogP contribution < -0.4 is 5.76 Å². The second kappa shape index (κ2) is 6.56. The largest absolute Gasteiger partial charge is 0.438 e. The molecular weight excluding hydrogens is 406 g/mol. The van der Waals surface area contributed by atoms with Gasteiger partial charge in [0.15, 0.2) is 5.82 Å². The van der Waals surface area contributed by atoms with Crippen LogP contribution in [0.15, 0.2) is 33.6 Å². The Hall–Kier alpha value is -2.38. The highest BCUT2D eigenvalue weighted by molar-refractivity contribution is 6.67. The predicted molar refractivity (Wildman–Crippen MR) is 112 cm³/mol. The number of aromatic amines is 1. The highest BCUT2D eigenvalue weighted by Crippen LogP contribution is 2.56. The zero-order valence-corrected chi connectivity index (χ0v) is 18.0. The summed E-state index contributed by atoms with van der Waals surface area (Å²) in [6.07, 6.45) is 2.64. The molecule has 7 nitrogen and oxygen atoms in total. The van der Waals surface area contributed by atoms with E-state index < -0.39 is 16.5 Å². The molecule has 2 fully saturated rings. The van der Waals surface area contributed by atoms with Gasteiger partial charge >= 0.3 is 5.76 Å². The predicted octanol–water partition coefficient (Wildman–Crippen LogP) is 4.15. The van der Waals surface area contributed by atoms with Gasteiger partial charge in [-0.2, -0.15) is 0 Å². The Bertz CT molecular complexity index is 1210. The number of carbonyl (C=O) groups excluding carboxylic acids is 1. The standard InChI is InChI=1S/C22H24ClN3O4/c1-12-10-22(12,19-24-20(28)30-25-19)26-16-5-4-13(8-15(16)9-17(26)18(23)27)14-6-7-29-21(2,3)11-14/h4-5,8-9,12,14H,6-7,10-11H2,1-3H3,(H,24,25,28)/t12-,14-,22-/m0/s1. The van der Waals surface area contributed by atoms with Crippen molar-refractivity contribution in [3.8, 4) is 0 Å². The molecule has 1 N–H and O–H groups in total. The van der Waals surface area contributed by atoms with Gasteiger partial charge in [-0.25, -0.2) is 4.79 Å². The van der Waals surface area contributed by atoms with Gasteiger partial charge < -0.3 is 9.30 Å². The molecule has 0 bridgehead atoms. The number of hydrogen-bond donors (Lipinski definition) is 1. The number of fused-ring (bicyclic) bond motifs is 1. The van der Waals surface area contributed by atoms with E-state index >= 15 is 0 Å². The number of H-pyrrole nitrogens is 1. The molecule has 30 heavy (non-hydrogen) atoms. The Morgan fingerprint density at radius 3 is 2.67 bits per heavy atom. The van der Waals surface area contributed by atoms with Crippen molar-refractivity contribution < 1.29 is 14.1 Å². The Balaban J connectivity index is 1.65. The first-order chi connectivity index (χ1) is 14.2. The molecule has 8 heteroatoms. The van der Waals surface area contributed by atoms with Crippen LogP contribution in [0.2, 0.25) is 0 Å². The molecule has 158 valence electrons. The van der Waals surface area contributed by atoms with Crippen molar-refractivity contribution in [2.75, 3.05) is 6.61 Å². The molecule has 1 saturated carbocycles. The molecular formula is C22H24ClN3O4. The van der Waals surface area contributed by atoms with Crippen LogP contribution in [0.25, 0.3) is 10.9 Å². The normalized spacial score (nSPS) is 28.0. The molecule has 3 heterocycles. The van der Waals surface area contributed by atoms with Crippen molar-refractivity contribution in [2.45, 2.75) is 57.1 Å². The van der Waals surface area contributed by atoms with Crippen LogP contribution in [-0.2, 0) is 10.3 Å². The molecule has 2 aromatic heterocycles. The molecule has 5 rings (SSSR count). The van der Waals surface area contributed by atoms with Crippen molar-refractivity contribution in [3.63, 3.8) is 0 Å². The summed E-state index contributed by atoms with van der Waals surface area (Å²) in [5, 5.41) is 4.35. The van der Waals surface area contributed by atoms with E-state index in [1.54, 1.807) is 0 Å². The number of ether oxygens (including phenoxy) is 1. The summed E-state index contributed by atoms with van der Waals surface area (Å²) in [5.41, 5.74) is 1.73. The Kier molecular flexibility index (Phi) is 4.28. The van der Waals surface area contributed by atoms with Crippen LogP contribution in [0.4, 0.5) is 0 Å². The minimum Gasteiger partial charge on any atom is -0.376 e. The zero-order chi connectivity index (χ0) is 21.3. The van der Waals surface area contributed by atoms with Crippen molar-refractivity contribution in [1.29, 1.82) is 0 Å². The topological polar surface area (TPSA) is 90.1 Å². The van der Waals surface area contributed by atoms with Crippen molar-refractivity contribution in [3.05, 3.63) is 51.9 Å². The van der Waals surface area contributed by atoms with Gasteiger partial charge in [-0.3, -0.25) is 14.3 Å². The Morgan fingerprint density at radius 1 is 1.30 bits per heavy atom. The van der Waals surface area contributed by atoms with Crippen molar-refractivity contribution in [2.24, 2.45) is 5.92 Å². The molecule has 1 aliphatic carbocycles. The number of nitrogens with one attached hydrogen (secondary N) is 1. The minimum absolute atomic E-state index is 0.145. The first-order valence-corrected chi connectivity index (χ1v) is 10.7. The second-order valence-electron chi connectivity index (χ2n) is 9.23. The number of benzene rings is 1. The van der Waals surface area contributed by atoms with E-state index in [2.05, 4.69) is 43.0 Å². The maximum absolute atomic E-state index is 12.3. The fraction of sp³-hybridized carbons (Fsp3) is 0.500. The quantitative estimate of drug-likeness (QED) is 0.629. The summed E-state index contributed by atoms with van der Waals surface area (Å²) in [4.78, 5) is 26.6. The molecule has 1 aromatic carbocycles. The first-order valence-electron chi connectivity index (χ1n) is 10.3. The van der Waals surface area contributed by atoms with Gasteiger partial charge in [0.05, 0.1) is 5.60 Å². The first kappa shape index (κ1) is 19.6. The van der Waals surface area contributed by atoms with Gasteiger partial charge in [0.1, 0.15) is 11.2 Å². The van der Waals surface area contributed by atoms with E-state index in [0.717, 1.165) is 36.8 Å². The molecule has 0 amide bonds. The molecule has 0 radical (unpaired) electrons. The van der Waals surface area contributed by atoms with Gasteiger partial charge in [0.2, 0.25) is 0 Å². The Morgan fingerprint density at radius 2 is 2.07 bits per heavy atom. The monoisotopic (exact) mass is 429 g/mol. The van der Waals surface area contributed by atoms with Crippen molar-refractivity contribution in [1.82, 2.24) is 14.7 Å². The maximum atomic E-state index is 12.3. The second-order valence-corrected chi connectivity index (χ2v) is 9.57. The van der Waals surface area contributed by atoms with E-state index in [0.29, 0.717) is 17.4 Å². The highest BCUT2D eigenvalue weighted by Gasteiger charge is 2.58. The van der Waals surface area contributed by atoms with E-state index in [4.69, 9.17) is 20.9 Å². The molecule has 0 spiro atoms. The number of carbonyl (C=O) groups is 1. The third-order valence-corrected chi connectivity index (χ3v) is 6.91. The lowest BCUT2D eigenvalue weighted by molar-refractivity contribution is -0.0592. The number of nitrogens with zero attached hydrogens (tertiary/aromatic N) is 2. The number of rotatable bonds is 4. The summed E-state index contributed by atoms with van der Waals surface area (Å²) < 4.78 is 12.6. The fourth-order valence-corrected chi connectivity index (χ4v) is 5.29. The molecule has 1 saturated heterocycles. The minimum atomic E-state index is -0.643. The van der Waals surface area contributed by atoms with Crippen LogP contribution in [-0.4, -0.2) is 32.2 Å². The van der Waals surface area contributed by atoms with Gasteiger partial charge in [-0.1, -0.05) is 18.1 Å².